The zero-order chi connectivity index (χ0) is 18.3. The molecule has 134 valence electrons. The molecule has 1 amide bonds. The molecule has 1 aromatic rings. The minimum Gasteiger partial charge on any atom is -0.481 e. The number of carboxylic acids is 1. The van der Waals surface area contributed by atoms with E-state index in [1.165, 1.54) is 50.2 Å². The third kappa shape index (κ3) is 5.59. The van der Waals surface area contributed by atoms with Crippen LogP contribution in [0.2, 0.25) is 0 Å². The number of sulfonamides is 1. The number of methoxy groups -OCH3 is 1. The van der Waals surface area contributed by atoms with Gasteiger partial charge in [-0.15, -0.1) is 0 Å². The Kier molecular flexibility index (Phi) is 7.33. The van der Waals surface area contributed by atoms with Gasteiger partial charge in [-0.1, -0.05) is 13.0 Å². The monoisotopic (exact) mass is 358 g/mol. The summed E-state index contributed by atoms with van der Waals surface area (Å²) in [5.41, 5.74) is 0.171. The van der Waals surface area contributed by atoms with Crippen LogP contribution in [0.3, 0.4) is 0 Å². The van der Waals surface area contributed by atoms with Gasteiger partial charge in [-0.2, -0.15) is 0 Å². The molecule has 0 aromatic heterocycles. The van der Waals surface area contributed by atoms with Gasteiger partial charge in [-0.25, -0.2) is 13.1 Å². The molecule has 1 rings (SSSR count). The van der Waals surface area contributed by atoms with Crippen LogP contribution in [0.25, 0.3) is 0 Å². The molecule has 9 heteroatoms. The van der Waals surface area contributed by atoms with E-state index in [1.807, 2.05) is 0 Å². The van der Waals surface area contributed by atoms with E-state index < -0.39 is 27.8 Å². The maximum atomic E-state index is 12.3. The number of hydrogen-bond donors (Lipinski definition) is 2. The number of nitrogens with zero attached hydrogens (tertiary/aromatic N) is 1. The number of ether oxygens (including phenoxy) is 1. The van der Waals surface area contributed by atoms with E-state index in [-0.39, 0.29) is 30.2 Å². The Bertz CT molecular complexity index is 689. The van der Waals surface area contributed by atoms with Gasteiger partial charge in [0.25, 0.3) is 5.91 Å². The molecule has 24 heavy (non-hydrogen) atoms. The van der Waals surface area contributed by atoms with Crippen molar-refractivity contribution in [2.75, 3.05) is 33.9 Å². The molecular weight excluding hydrogens is 336 g/mol. The molecule has 0 heterocycles. The smallest absolute Gasteiger partial charge is 0.308 e. The van der Waals surface area contributed by atoms with E-state index in [0.717, 1.165) is 0 Å². The zero-order valence-corrected chi connectivity index (χ0v) is 14.7. The van der Waals surface area contributed by atoms with Crippen LogP contribution < -0.4 is 4.72 Å². The fourth-order valence-corrected chi connectivity index (χ4v) is 3.01. The molecule has 1 aromatic carbocycles. The van der Waals surface area contributed by atoms with Crippen molar-refractivity contribution < 1.29 is 27.9 Å². The number of rotatable bonds is 9. The molecule has 0 aliphatic heterocycles. The number of carbonyl (C=O) groups excluding carboxylic acids is 1. The number of amides is 1. The maximum Gasteiger partial charge on any atom is 0.308 e. The van der Waals surface area contributed by atoms with Crippen molar-refractivity contribution in [2.24, 2.45) is 5.92 Å². The Morgan fingerprint density at radius 1 is 1.38 bits per heavy atom. The molecule has 8 nitrogen and oxygen atoms in total. The molecule has 0 spiro atoms. The highest BCUT2D eigenvalue weighted by molar-refractivity contribution is 7.89. The van der Waals surface area contributed by atoms with E-state index in [0.29, 0.717) is 0 Å². The van der Waals surface area contributed by atoms with Gasteiger partial charge in [0, 0.05) is 32.8 Å². The molecule has 0 saturated heterocycles. The van der Waals surface area contributed by atoms with Crippen molar-refractivity contribution in [2.45, 2.75) is 11.8 Å². The second kappa shape index (κ2) is 8.76. The van der Waals surface area contributed by atoms with Crippen LogP contribution in [0, 0.1) is 5.92 Å². The summed E-state index contributed by atoms with van der Waals surface area (Å²) in [5.74, 6) is -2.17. The third-order valence-corrected chi connectivity index (χ3v) is 4.76. The lowest BCUT2D eigenvalue weighted by molar-refractivity contribution is -0.141. The first-order chi connectivity index (χ1) is 11.2. The Morgan fingerprint density at radius 3 is 2.62 bits per heavy atom. The Hall–Kier alpha value is -1.97. The second-order valence-corrected chi connectivity index (χ2v) is 7.11. The SMILES string of the molecule is COCCNS(=O)(=O)c1cccc(C(=O)N(C)CC(C)C(=O)O)c1. The second-order valence-electron chi connectivity index (χ2n) is 5.34. The summed E-state index contributed by atoms with van der Waals surface area (Å²) in [6.07, 6.45) is 0. The lowest BCUT2D eigenvalue weighted by atomic mass is 10.1. The van der Waals surface area contributed by atoms with Crippen molar-refractivity contribution in [1.29, 1.82) is 0 Å². The summed E-state index contributed by atoms with van der Waals surface area (Å²) < 4.78 is 31.4. The first-order valence-electron chi connectivity index (χ1n) is 7.26. The number of nitrogens with one attached hydrogen (secondary N) is 1. The van der Waals surface area contributed by atoms with Crippen LogP contribution in [-0.4, -0.2) is 64.2 Å². The molecule has 2 N–H and O–H groups in total. The normalized spacial score (nSPS) is 12.6. The summed E-state index contributed by atoms with van der Waals surface area (Å²) in [4.78, 5) is 24.4. The van der Waals surface area contributed by atoms with Gasteiger partial charge in [0.15, 0.2) is 0 Å². The minimum absolute atomic E-state index is 0.0250. The summed E-state index contributed by atoms with van der Waals surface area (Å²) in [5, 5.41) is 8.90. The molecular formula is C15H22N2O6S. The average molecular weight is 358 g/mol. The van der Waals surface area contributed by atoms with Crippen LogP contribution >= 0.6 is 0 Å². The van der Waals surface area contributed by atoms with Crippen molar-refractivity contribution >= 4 is 21.9 Å². The summed E-state index contributed by atoms with van der Waals surface area (Å²) >= 11 is 0. The number of aliphatic carboxylic acids is 1. The van der Waals surface area contributed by atoms with Crippen molar-refractivity contribution in [3.05, 3.63) is 29.8 Å². The van der Waals surface area contributed by atoms with E-state index in [9.17, 15) is 18.0 Å². The van der Waals surface area contributed by atoms with Gasteiger partial charge in [0.2, 0.25) is 10.0 Å². The minimum atomic E-state index is -3.75. The lowest BCUT2D eigenvalue weighted by Crippen LogP contribution is -2.34. The van der Waals surface area contributed by atoms with E-state index in [2.05, 4.69) is 4.72 Å². The fraction of sp³-hybridized carbons (Fsp3) is 0.467. The Labute approximate surface area is 141 Å². The quantitative estimate of drug-likeness (QED) is 0.618. The molecule has 1 atom stereocenters. The Morgan fingerprint density at radius 2 is 2.04 bits per heavy atom. The van der Waals surface area contributed by atoms with Gasteiger partial charge in [0.1, 0.15) is 0 Å². The first kappa shape index (κ1) is 20.1. The molecule has 1 unspecified atom stereocenters. The van der Waals surface area contributed by atoms with Crippen molar-refractivity contribution in [3.8, 4) is 0 Å². The summed E-state index contributed by atoms with van der Waals surface area (Å²) in [7, 11) is -0.814. The number of carbonyl (C=O) groups is 2. The topological polar surface area (TPSA) is 113 Å². The molecule has 0 aliphatic rings. The third-order valence-electron chi connectivity index (χ3n) is 3.31. The van der Waals surface area contributed by atoms with Crippen LogP contribution in [-0.2, 0) is 19.6 Å². The highest BCUT2D eigenvalue weighted by Gasteiger charge is 2.20. The fourth-order valence-electron chi connectivity index (χ4n) is 1.95. The lowest BCUT2D eigenvalue weighted by Gasteiger charge is -2.19. The van der Waals surface area contributed by atoms with Crippen LogP contribution in [0.5, 0.6) is 0 Å². The van der Waals surface area contributed by atoms with E-state index in [1.54, 1.807) is 0 Å². The Balaban J connectivity index is 2.91. The summed E-state index contributed by atoms with van der Waals surface area (Å²) in [6.45, 7) is 1.87. The van der Waals surface area contributed by atoms with Gasteiger partial charge in [0.05, 0.1) is 17.4 Å². The first-order valence-corrected chi connectivity index (χ1v) is 8.74. The highest BCUT2D eigenvalue weighted by Crippen LogP contribution is 2.13. The predicted molar refractivity (Wildman–Crippen MR) is 87.3 cm³/mol. The van der Waals surface area contributed by atoms with Gasteiger partial charge < -0.3 is 14.7 Å². The predicted octanol–water partition coefficient (Wildman–Crippen LogP) is 0.404. The zero-order valence-electron chi connectivity index (χ0n) is 13.9. The molecule has 0 bridgehead atoms. The molecule has 0 saturated carbocycles. The molecule has 0 radical (unpaired) electrons. The van der Waals surface area contributed by atoms with Crippen LogP contribution in [0.15, 0.2) is 29.2 Å². The molecule has 0 fully saturated rings. The largest absolute Gasteiger partial charge is 0.481 e. The summed E-state index contributed by atoms with van der Waals surface area (Å²) in [6, 6.07) is 5.59. The maximum absolute atomic E-state index is 12.3. The highest BCUT2D eigenvalue weighted by atomic mass is 32.2. The number of hydrogen-bond acceptors (Lipinski definition) is 5. The van der Waals surface area contributed by atoms with Crippen LogP contribution in [0.1, 0.15) is 17.3 Å². The standard InChI is InChI=1S/C15H22N2O6S/c1-11(15(19)20)10-17(2)14(18)12-5-4-6-13(9-12)24(21,22)16-7-8-23-3/h4-6,9,11,16H,7-8,10H2,1-3H3,(H,19,20). The van der Waals surface area contributed by atoms with Gasteiger partial charge >= 0.3 is 5.97 Å². The van der Waals surface area contributed by atoms with E-state index in [4.69, 9.17) is 9.84 Å². The number of benzene rings is 1. The molecule has 0 aliphatic carbocycles. The van der Waals surface area contributed by atoms with Crippen LogP contribution in [0.4, 0.5) is 0 Å². The average Bonchev–Trinajstić information content (AvgIpc) is 2.54. The number of carboxylic acid groups (broad SMARTS) is 1. The van der Waals surface area contributed by atoms with E-state index >= 15 is 0 Å². The van der Waals surface area contributed by atoms with Gasteiger partial charge in [-0.3, -0.25) is 9.59 Å². The van der Waals surface area contributed by atoms with Crippen molar-refractivity contribution in [3.63, 3.8) is 0 Å². The van der Waals surface area contributed by atoms with Gasteiger partial charge in [-0.05, 0) is 18.2 Å². The van der Waals surface area contributed by atoms with Crippen molar-refractivity contribution in [1.82, 2.24) is 9.62 Å².